The molecular weight excluding hydrogens is 665 g/mol. The van der Waals surface area contributed by atoms with Gasteiger partial charge in [-0.15, -0.1) is 0 Å². The molecule has 0 aliphatic carbocycles. The topological polar surface area (TPSA) is 6.48 Å². The fraction of sp³-hybridized carbons (Fsp3) is 0.962. The normalized spacial score (nSPS) is 14.3. The molecule has 2 heteroatoms. The molecule has 0 aromatic carbocycles. The predicted octanol–water partition coefficient (Wildman–Crippen LogP) is 19.0. The van der Waals surface area contributed by atoms with Gasteiger partial charge in [-0.3, -0.25) is 0 Å². The molecule has 0 N–H and O–H groups in total. The van der Waals surface area contributed by atoms with Crippen LogP contribution in [-0.2, 0) is 0 Å². The molecule has 2 nitrogen and oxygen atoms in total. The number of hydrogen-bond donors (Lipinski definition) is 0. The molecule has 0 saturated heterocycles. The predicted molar refractivity (Wildman–Crippen MR) is 251 cm³/mol. The Morgan fingerprint density at radius 1 is 0.236 bits per heavy atom. The van der Waals surface area contributed by atoms with Crippen LogP contribution in [-0.4, -0.2) is 29.1 Å². The first kappa shape index (κ1) is 52.4. The second kappa shape index (κ2) is 44.4. The lowest BCUT2D eigenvalue weighted by Gasteiger charge is -2.33. The summed E-state index contributed by atoms with van der Waals surface area (Å²) in [5, 5.41) is 0. The third-order valence-corrected chi connectivity index (χ3v) is 13.1. The van der Waals surface area contributed by atoms with E-state index in [9.17, 15) is 0 Å². The van der Waals surface area contributed by atoms with Crippen LogP contribution in [0.4, 0.5) is 0 Å². The van der Waals surface area contributed by atoms with Crippen molar-refractivity contribution in [2.75, 3.05) is 13.1 Å². The number of hydrogen-bond acceptors (Lipinski definition) is 2. The van der Waals surface area contributed by atoms with Crippen molar-refractivity contribution in [3.63, 3.8) is 0 Å². The minimum absolute atomic E-state index is 0.635. The van der Waals surface area contributed by atoms with Gasteiger partial charge in [-0.1, -0.05) is 284 Å². The van der Waals surface area contributed by atoms with E-state index in [1.54, 1.807) is 0 Å². The molecule has 1 aliphatic heterocycles. The van der Waals surface area contributed by atoms with Crippen LogP contribution in [0, 0.1) is 0 Å². The summed E-state index contributed by atoms with van der Waals surface area (Å²) < 4.78 is 0. The van der Waals surface area contributed by atoms with Gasteiger partial charge in [0.25, 0.3) is 0 Å². The third kappa shape index (κ3) is 36.2. The Morgan fingerprint density at radius 3 is 0.636 bits per heavy atom. The van der Waals surface area contributed by atoms with Gasteiger partial charge in [0.15, 0.2) is 0 Å². The summed E-state index contributed by atoms with van der Waals surface area (Å²) in [5.74, 6) is 0. The molecular formula is C53H106N2. The van der Waals surface area contributed by atoms with E-state index in [-0.39, 0.29) is 0 Å². The van der Waals surface area contributed by atoms with Crippen molar-refractivity contribution in [2.24, 2.45) is 0 Å². The van der Waals surface area contributed by atoms with E-state index in [1.807, 2.05) is 0 Å². The van der Waals surface area contributed by atoms with Crippen molar-refractivity contribution in [2.45, 2.75) is 316 Å². The summed E-state index contributed by atoms with van der Waals surface area (Å²) in [6.45, 7) is 9.50. The zero-order valence-electron chi connectivity index (χ0n) is 38.9. The van der Waals surface area contributed by atoms with Gasteiger partial charge in [0.1, 0.15) is 6.17 Å². The van der Waals surface area contributed by atoms with E-state index >= 15 is 0 Å². The van der Waals surface area contributed by atoms with Crippen LogP contribution in [0.15, 0.2) is 12.4 Å². The highest BCUT2D eigenvalue weighted by Gasteiger charge is 2.25. The molecule has 0 fully saturated rings. The van der Waals surface area contributed by atoms with Gasteiger partial charge in [-0.25, -0.2) is 0 Å². The van der Waals surface area contributed by atoms with Crippen LogP contribution in [0.3, 0.4) is 0 Å². The Balaban J connectivity index is 2.19. The Kier molecular flexibility index (Phi) is 42.3. The zero-order valence-corrected chi connectivity index (χ0v) is 38.9. The first-order valence-corrected chi connectivity index (χ1v) is 26.5. The summed E-state index contributed by atoms with van der Waals surface area (Å²) in [5.41, 5.74) is 0. The zero-order chi connectivity index (χ0) is 39.4. The maximum absolute atomic E-state index is 2.75. The highest BCUT2D eigenvalue weighted by atomic mass is 15.4. The van der Waals surface area contributed by atoms with Crippen LogP contribution >= 0.6 is 0 Å². The molecule has 0 radical (unpaired) electrons. The molecule has 0 amide bonds. The van der Waals surface area contributed by atoms with Crippen molar-refractivity contribution >= 4 is 0 Å². The summed E-state index contributed by atoms with van der Waals surface area (Å²) >= 11 is 0. The lowest BCUT2D eigenvalue weighted by atomic mass is 10.0. The first-order valence-electron chi connectivity index (χ1n) is 26.5. The Hall–Kier alpha value is -0.660. The molecule has 1 unspecified atom stereocenters. The Bertz CT molecular complexity index is 732. The van der Waals surface area contributed by atoms with E-state index in [0.717, 1.165) is 0 Å². The molecule has 55 heavy (non-hydrogen) atoms. The van der Waals surface area contributed by atoms with E-state index in [1.165, 1.54) is 302 Å². The third-order valence-electron chi connectivity index (χ3n) is 13.1. The van der Waals surface area contributed by atoms with Crippen molar-refractivity contribution in [1.82, 2.24) is 9.80 Å². The monoisotopic (exact) mass is 771 g/mol. The summed E-state index contributed by atoms with van der Waals surface area (Å²) in [6.07, 6.45) is 70.8. The second-order valence-electron chi connectivity index (χ2n) is 18.5. The summed E-state index contributed by atoms with van der Waals surface area (Å²) in [7, 11) is 0. The van der Waals surface area contributed by atoms with Crippen LogP contribution in [0.1, 0.15) is 310 Å². The molecule has 1 aliphatic rings. The minimum atomic E-state index is 0.635. The van der Waals surface area contributed by atoms with Gasteiger partial charge in [-0.05, 0) is 25.7 Å². The summed E-state index contributed by atoms with van der Waals surface area (Å²) in [4.78, 5) is 5.49. The van der Waals surface area contributed by atoms with Crippen molar-refractivity contribution in [1.29, 1.82) is 0 Å². The van der Waals surface area contributed by atoms with E-state index in [0.29, 0.717) is 6.17 Å². The molecule has 0 spiro atoms. The Labute approximate surface area is 350 Å². The highest BCUT2D eigenvalue weighted by Crippen LogP contribution is 2.24. The van der Waals surface area contributed by atoms with E-state index < -0.39 is 0 Å². The molecule has 0 saturated carbocycles. The van der Waals surface area contributed by atoms with Crippen molar-refractivity contribution < 1.29 is 0 Å². The maximum atomic E-state index is 2.75. The van der Waals surface area contributed by atoms with Crippen LogP contribution in [0.25, 0.3) is 0 Å². The lowest BCUT2D eigenvalue weighted by Crippen LogP contribution is -2.39. The van der Waals surface area contributed by atoms with Crippen LogP contribution in [0.2, 0.25) is 0 Å². The molecule has 0 aromatic rings. The molecule has 1 atom stereocenters. The Morgan fingerprint density at radius 2 is 0.418 bits per heavy atom. The molecule has 328 valence electrons. The number of nitrogens with zero attached hydrogens (tertiary/aromatic N) is 2. The van der Waals surface area contributed by atoms with Gasteiger partial charge in [0.2, 0.25) is 0 Å². The van der Waals surface area contributed by atoms with Crippen molar-refractivity contribution in [3.8, 4) is 0 Å². The highest BCUT2D eigenvalue weighted by molar-refractivity contribution is 4.97. The average molecular weight is 771 g/mol. The van der Waals surface area contributed by atoms with Gasteiger partial charge < -0.3 is 9.80 Å². The van der Waals surface area contributed by atoms with E-state index in [2.05, 4.69) is 43.0 Å². The maximum Gasteiger partial charge on any atom is 0.101 e. The van der Waals surface area contributed by atoms with Crippen molar-refractivity contribution in [3.05, 3.63) is 12.4 Å². The standard InChI is InChI=1S/C53H106N2/c1-4-7-10-13-16-19-22-25-27-28-29-31-33-36-39-42-45-48-53-54(49-46-43-40-37-34-24-21-18-15-12-9-6-3)51-52-55(53)50-47-44-41-38-35-32-30-26-23-20-17-14-11-8-5-2/h51-53H,4-50H2,1-3H3. The SMILES string of the molecule is CCCCCCCCCCCCCCCCCCCC1N(CCCCCCCCCCCCCC)C=CN1CCCCCCCCCCCCCCCCC. The fourth-order valence-corrected chi connectivity index (χ4v) is 9.19. The minimum Gasteiger partial charge on any atom is -0.356 e. The van der Waals surface area contributed by atoms with Crippen LogP contribution in [0.5, 0.6) is 0 Å². The lowest BCUT2D eigenvalue weighted by molar-refractivity contribution is 0.135. The quantitative estimate of drug-likeness (QED) is 0.0569. The van der Waals surface area contributed by atoms with Gasteiger partial charge in [0, 0.05) is 25.5 Å². The van der Waals surface area contributed by atoms with E-state index in [4.69, 9.17) is 0 Å². The van der Waals surface area contributed by atoms with Gasteiger partial charge in [0.05, 0.1) is 0 Å². The second-order valence-corrected chi connectivity index (χ2v) is 18.5. The molecule has 0 bridgehead atoms. The number of rotatable bonds is 47. The number of unbranched alkanes of at least 4 members (excludes halogenated alkanes) is 41. The molecule has 1 rings (SSSR count). The first-order chi connectivity index (χ1) is 27.3. The van der Waals surface area contributed by atoms with Gasteiger partial charge in [-0.2, -0.15) is 0 Å². The average Bonchev–Trinajstić information content (AvgIpc) is 3.58. The smallest absolute Gasteiger partial charge is 0.101 e. The largest absolute Gasteiger partial charge is 0.356 e. The summed E-state index contributed by atoms with van der Waals surface area (Å²) in [6, 6.07) is 0. The van der Waals surface area contributed by atoms with Crippen LogP contribution < -0.4 is 0 Å². The molecule has 0 aromatic heterocycles. The van der Waals surface area contributed by atoms with Gasteiger partial charge >= 0.3 is 0 Å². The fourth-order valence-electron chi connectivity index (χ4n) is 9.19. The molecule has 1 heterocycles.